The molecule has 0 bridgehead atoms. The predicted molar refractivity (Wildman–Crippen MR) is 134 cm³/mol. The molecule has 1 aliphatic rings. The van der Waals surface area contributed by atoms with Gasteiger partial charge in [0, 0.05) is 37.6 Å². The van der Waals surface area contributed by atoms with Gasteiger partial charge >= 0.3 is 0 Å². The Morgan fingerprint density at radius 1 is 1.17 bits per heavy atom. The van der Waals surface area contributed by atoms with Gasteiger partial charge in [0.2, 0.25) is 5.89 Å². The van der Waals surface area contributed by atoms with E-state index in [1.54, 1.807) is 0 Å². The van der Waals surface area contributed by atoms with Crippen LogP contribution in [0, 0.1) is 5.92 Å². The number of aromatic nitrogens is 1. The average Bonchev–Trinajstić information content (AvgIpc) is 3.19. The van der Waals surface area contributed by atoms with Crippen molar-refractivity contribution < 1.29 is 9.15 Å². The minimum atomic E-state index is -0.0432. The zero-order valence-corrected chi connectivity index (χ0v) is 22.0. The highest BCUT2D eigenvalue weighted by atomic mass is 127. The quantitative estimate of drug-likeness (QED) is 0.285. The van der Waals surface area contributed by atoms with Gasteiger partial charge in [-0.15, -0.1) is 24.0 Å². The van der Waals surface area contributed by atoms with E-state index in [1.807, 2.05) is 6.20 Å². The zero-order chi connectivity index (χ0) is 21.3. The summed E-state index contributed by atoms with van der Waals surface area (Å²) in [6.07, 6.45) is 4.17. The van der Waals surface area contributed by atoms with E-state index in [2.05, 4.69) is 62.1 Å². The summed E-state index contributed by atoms with van der Waals surface area (Å²) in [4.78, 5) is 11.7. The second kappa shape index (κ2) is 13.5. The number of halogens is 1. The molecule has 2 rings (SSSR count). The number of aliphatic imine (C=N–C) groups is 1. The van der Waals surface area contributed by atoms with Crippen LogP contribution in [-0.2, 0) is 16.7 Å². The summed E-state index contributed by atoms with van der Waals surface area (Å²) in [6, 6.07) is 0.479. The third-order valence-electron chi connectivity index (χ3n) is 5.60. The summed E-state index contributed by atoms with van der Waals surface area (Å²) >= 11 is 0. The van der Waals surface area contributed by atoms with Gasteiger partial charge in [0.05, 0.1) is 19.4 Å². The molecule has 1 saturated heterocycles. The van der Waals surface area contributed by atoms with Crippen LogP contribution in [0.2, 0.25) is 0 Å². The molecular weight excluding hydrogens is 493 g/mol. The maximum Gasteiger partial charge on any atom is 0.216 e. The van der Waals surface area contributed by atoms with Crippen LogP contribution in [0.25, 0.3) is 0 Å². The SMILES string of the molecule is CCNC(=NCc1ncc(C(C)(C)C)o1)NCC(C(CC)CC)N1CCOCC1.I. The van der Waals surface area contributed by atoms with Crippen molar-refractivity contribution in [3.8, 4) is 0 Å². The molecule has 1 aromatic heterocycles. The lowest BCUT2D eigenvalue weighted by atomic mass is 9.92. The highest BCUT2D eigenvalue weighted by Crippen LogP contribution is 2.23. The van der Waals surface area contributed by atoms with Crippen LogP contribution in [0.4, 0.5) is 0 Å². The van der Waals surface area contributed by atoms with Crippen LogP contribution in [0.1, 0.15) is 66.0 Å². The van der Waals surface area contributed by atoms with Crippen molar-refractivity contribution in [2.45, 2.75) is 72.4 Å². The summed E-state index contributed by atoms with van der Waals surface area (Å²) in [5.74, 6) is 3.01. The number of hydrogen-bond acceptors (Lipinski definition) is 5. The lowest BCUT2D eigenvalue weighted by Gasteiger charge is -2.39. The number of nitrogens with zero attached hydrogens (tertiary/aromatic N) is 3. The number of guanidine groups is 1. The first kappa shape index (κ1) is 27.2. The van der Waals surface area contributed by atoms with Crippen molar-refractivity contribution in [2.75, 3.05) is 39.4 Å². The zero-order valence-electron chi connectivity index (χ0n) is 19.7. The first-order chi connectivity index (χ1) is 13.9. The topological polar surface area (TPSA) is 74.9 Å². The lowest BCUT2D eigenvalue weighted by Crippen LogP contribution is -2.53. The summed E-state index contributed by atoms with van der Waals surface area (Å²) in [6.45, 7) is 18.8. The summed E-state index contributed by atoms with van der Waals surface area (Å²) in [7, 11) is 0. The van der Waals surface area contributed by atoms with Gasteiger partial charge in [0.1, 0.15) is 12.3 Å². The van der Waals surface area contributed by atoms with Gasteiger partial charge in [-0.3, -0.25) is 4.90 Å². The minimum Gasteiger partial charge on any atom is -0.443 e. The normalized spacial score (nSPS) is 17.0. The Balaban J connectivity index is 0.00000450. The molecule has 8 heteroatoms. The lowest BCUT2D eigenvalue weighted by molar-refractivity contribution is 0.00272. The molecule has 1 fully saturated rings. The standard InChI is InChI=1S/C22H41N5O2.HI/c1-7-17(8-2)18(27-10-12-28-13-11-27)14-25-21(23-9-3)26-16-20-24-15-19(29-20)22(4,5)6;/h15,17-18H,7-14,16H2,1-6H3,(H2,23,25,26);1H. The van der Waals surface area contributed by atoms with E-state index in [0.29, 0.717) is 24.4 Å². The molecule has 0 amide bonds. The molecule has 0 saturated carbocycles. The fraction of sp³-hybridized carbons (Fsp3) is 0.818. The molecule has 1 aliphatic heterocycles. The van der Waals surface area contributed by atoms with Crippen molar-refractivity contribution in [1.82, 2.24) is 20.5 Å². The molecule has 30 heavy (non-hydrogen) atoms. The molecular formula is C22H42IN5O2. The van der Waals surface area contributed by atoms with E-state index >= 15 is 0 Å². The van der Waals surface area contributed by atoms with Crippen molar-refractivity contribution in [1.29, 1.82) is 0 Å². The maximum absolute atomic E-state index is 5.87. The van der Waals surface area contributed by atoms with Crippen LogP contribution >= 0.6 is 24.0 Å². The Bertz CT molecular complexity index is 619. The van der Waals surface area contributed by atoms with Gasteiger partial charge in [0.15, 0.2) is 5.96 Å². The highest BCUT2D eigenvalue weighted by Gasteiger charge is 2.27. The summed E-state index contributed by atoms with van der Waals surface area (Å²) in [5.41, 5.74) is -0.0432. The van der Waals surface area contributed by atoms with E-state index in [9.17, 15) is 0 Å². The number of nitrogens with one attached hydrogen (secondary N) is 2. The molecule has 0 radical (unpaired) electrons. The smallest absolute Gasteiger partial charge is 0.216 e. The molecule has 174 valence electrons. The number of morpholine rings is 1. The Kier molecular flexibility index (Phi) is 12.2. The van der Waals surface area contributed by atoms with E-state index in [0.717, 1.165) is 51.1 Å². The van der Waals surface area contributed by atoms with Crippen LogP contribution in [-0.4, -0.2) is 61.3 Å². The van der Waals surface area contributed by atoms with Gasteiger partial charge in [-0.05, 0) is 12.8 Å². The van der Waals surface area contributed by atoms with Crippen molar-refractivity contribution in [2.24, 2.45) is 10.9 Å². The third kappa shape index (κ3) is 8.34. The van der Waals surface area contributed by atoms with Crippen LogP contribution < -0.4 is 10.6 Å². The van der Waals surface area contributed by atoms with E-state index in [-0.39, 0.29) is 29.4 Å². The number of hydrogen-bond donors (Lipinski definition) is 2. The predicted octanol–water partition coefficient (Wildman–Crippen LogP) is 3.78. The molecule has 0 aromatic carbocycles. The van der Waals surface area contributed by atoms with Gasteiger partial charge in [-0.2, -0.15) is 0 Å². The Hall–Kier alpha value is -0.870. The van der Waals surface area contributed by atoms with Crippen molar-refractivity contribution >= 4 is 29.9 Å². The second-order valence-corrected chi connectivity index (χ2v) is 8.74. The van der Waals surface area contributed by atoms with Crippen molar-refractivity contribution in [3.63, 3.8) is 0 Å². The average molecular weight is 536 g/mol. The number of rotatable bonds is 9. The van der Waals surface area contributed by atoms with E-state index in [4.69, 9.17) is 14.1 Å². The summed E-state index contributed by atoms with van der Waals surface area (Å²) < 4.78 is 11.4. The number of ether oxygens (including phenoxy) is 1. The Labute approximate surface area is 199 Å². The maximum atomic E-state index is 5.87. The van der Waals surface area contributed by atoms with Gasteiger partial charge in [0.25, 0.3) is 0 Å². The first-order valence-corrected chi connectivity index (χ1v) is 11.2. The fourth-order valence-electron chi connectivity index (χ4n) is 3.76. The number of oxazole rings is 1. The van der Waals surface area contributed by atoms with Gasteiger partial charge < -0.3 is 19.8 Å². The van der Waals surface area contributed by atoms with Crippen LogP contribution in [0.3, 0.4) is 0 Å². The molecule has 0 aliphatic carbocycles. The van der Waals surface area contributed by atoms with Crippen LogP contribution in [0.15, 0.2) is 15.6 Å². The molecule has 7 nitrogen and oxygen atoms in total. The Morgan fingerprint density at radius 3 is 2.37 bits per heavy atom. The fourth-order valence-corrected chi connectivity index (χ4v) is 3.76. The van der Waals surface area contributed by atoms with Gasteiger partial charge in [-0.1, -0.05) is 47.5 Å². The third-order valence-corrected chi connectivity index (χ3v) is 5.60. The van der Waals surface area contributed by atoms with E-state index in [1.165, 1.54) is 12.8 Å². The molecule has 1 atom stereocenters. The highest BCUT2D eigenvalue weighted by molar-refractivity contribution is 14.0. The molecule has 0 spiro atoms. The Morgan fingerprint density at radius 2 is 1.83 bits per heavy atom. The molecule has 1 unspecified atom stereocenters. The molecule has 2 heterocycles. The monoisotopic (exact) mass is 535 g/mol. The molecule has 2 N–H and O–H groups in total. The second-order valence-electron chi connectivity index (χ2n) is 8.74. The minimum absolute atomic E-state index is 0. The summed E-state index contributed by atoms with van der Waals surface area (Å²) in [5, 5.41) is 6.91. The van der Waals surface area contributed by atoms with Crippen LogP contribution in [0.5, 0.6) is 0 Å². The van der Waals surface area contributed by atoms with Crippen molar-refractivity contribution in [3.05, 3.63) is 17.8 Å². The van der Waals surface area contributed by atoms with E-state index < -0.39 is 0 Å². The molecule has 1 aromatic rings. The first-order valence-electron chi connectivity index (χ1n) is 11.2. The largest absolute Gasteiger partial charge is 0.443 e. The van der Waals surface area contributed by atoms with Gasteiger partial charge in [-0.25, -0.2) is 9.98 Å².